The van der Waals surface area contributed by atoms with Crippen LogP contribution in [0.5, 0.6) is 0 Å². The van der Waals surface area contributed by atoms with Gasteiger partial charge in [-0.2, -0.15) is 0 Å². The molecule has 1 rings (SSSR count). The van der Waals surface area contributed by atoms with Gasteiger partial charge in [-0.3, -0.25) is 4.79 Å². The van der Waals surface area contributed by atoms with Crippen molar-refractivity contribution in [1.82, 2.24) is 5.32 Å². The average molecular weight is 293 g/mol. The number of carbonyl (C=O) groups excluding carboxylic acids is 1. The lowest BCUT2D eigenvalue weighted by molar-refractivity contribution is 0.0689. The average Bonchev–Trinajstić information content (AvgIpc) is 2.44. The topological polar surface area (TPSA) is 75.6 Å². The Kier molecular flexibility index (Phi) is 6.88. The fraction of sp³-hybridized carbons (Fsp3) is 0.500. The predicted molar refractivity (Wildman–Crippen MR) is 80.9 cm³/mol. The number of ether oxygens (including phenoxy) is 1. The number of carboxylic acid groups (broad SMARTS) is 1. The highest BCUT2D eigenvalue weighted by atomic mass is 16.5. The van der Waals surface area contributed by atoms with Gasteiger partial charge in [0.05, 0.1) is 11.1 Å². The molecule has 5 nitrogen and oxygen atoms in total. The van der Waals surface area contributed by atoms with E-state index in [0.717, 1.165) is 6.42 Å². The highest BCUT2D eigenvalue weighted by Gasteiger charge is 2.20. The molecular weight excluding hydrogens is 270 g/mol. The molecule has 0 atom stereocenters. The van der Waals surface area contributed by atoms with E-state index in [1.54, 1.807) is 26.0 Å². The van der Waals surface area contributed by atoms with Crippen LogP contribution < -0.4 is 5.32 Å². The molecule has 1 aromatic rings. The van der Waals surface area contributed by atoms with Gasteiger partial charge in [0.1, 0.15) is 0 Å². The molecule has 0 fully saturated rings. The van der Waals surface area contributed by atoms with E-state index < -0.39 is 5.97 Å². The number of aromatic carboxylic acids is 1. The molecule has 0 heterocycles. The minimum atomic E-state index is -1.08. The highest BCUT2D eigenvalue weighted by molar-refractivity contribution is 6.06. The third-order valence-corrected chi connectivity index (χ3v) is 3.16. The Morgan fingerprint density at radius 2 is 1.76 bits per heavy atom. The van der Waals surface area contributed by atoms with Crippen molar-refractivity contribution in [2.75, 3.05) is 19.8 Å². The summed E-state index contributed by atoms with van der Waals surface area (Å²) < 4.78 is 5.33. The maximum atomic E-state index is 12.2. The van der Waals surface area contributed by atoms with E-state index in [1.165, 1.54) is 0 Å². The molecule has 0 aromatic heterocycles. The standard InChI is InChI=1S/C16H23NO4/c1-4-9-21-10-5-8-17-15(18)13-11(2)6-7-12(3)14(13)16(19)20/h6-7H,4-5,8-10H2,1-3H3,(H,17,18)(H,19,20). The van der Waals surface area contributed by atoms with Gasteiger partial charge in [-0.25, -0.2) is 4.79 Å². The molecule has 2 N–H and O–H groups in total. The van der Waals surface area contributed by atoms with Crippen LogP contribution in [0.3, 0.4) is 0 Å². The zero-order valence-corrected chi connectivity index (χ0v) is 12.9. The fourth-order valence-electron chi connectivity index (χ4n) is 2.09. The van der Waals surface area contributed by atoms with E-state index in [-0.39, 0.29) is 17.0 Å². The molecule has 1 amide bonds. The second-order valence-electron chi connectivity index (χ2n) is 4.98. The van der Waals surface area contributed by atoms with Crippen molar-refractivity contribution < 1.29 is 19.4 Å². The molecule has 0 radical (unpaired) electrons. The highest BCUT2D eigenvalue weighted by Crippen LogP contribution is 2.18. The number of aryl methyl sites for hydroxylation is 2. The van der Waals surface area contributed by atoms with Crippen molar-refractivity contribution in [3.63, 3.8) is 0 Å². The third kappa shape index (κ3) is 4.86. The van der Waals surface area contributed by atoms with Gasteiger partial charge in [-0.15, -0.1) is 0 Å². The summed E-state index contributed by atoms with van der Waals surface area (Å²) in [6, 6.07) is 3.48. The Hall–Kier alpha value is -1.88. The molecule has 0 saturated carbocycles. The Labute approximate surface area is 125 Å². The number of nitrogens with one attached hydrogen (secondary N) is 1. The van der Waals surface area contributed by atoms with Gasteiger partial charge in [0.25, 0.3) is 5.91 Å². The molecule has 1 aromatic carbocycles. The van der Waals surface area contributed by atoms with Crippen LogP contribution in [0.4, 0.5) is 0 Å². The van der Waals surface area contributed by atoms with Crippen LogP contribution in [0.15, 0.2) is 12.1 Å². The number of benzene rings is 1. The zero-order valence-electron chi connectivity index (χ0n) is 12.9. The molecule has 0 bridgehead atoms. The van der Waals surface area contributed by atoms with Crippen LogP contribution >= 0.6 is 0 Å². The number of carboxylic acids is 1. The van der Waals surface area contributed by atoms with Crippen molar-refractivity contribution >= 4 is 11.9 Å². The minimum absolute atomic E-state index is 0.0785. The van der Waals surface area contributed by atoms with E-state index >= 15 is 0 Å². The molecule has 0 aliphatic heterocycles. The van der Waals surface area contributed by atoms with Crippen molar-refractivity contribution in [1.29, 1.82) is 0 Å². The van der Waals surface area contributed by atoms with Crippen LogP contribution in [-0.4, -0.2) is 36.7 Å². The van der Waals surface area contributed by atoms with Crippen molar-refractivity contribution in [3.05, 3.63) is 34.4 Å². The molecule has 21 heavy (non-hydrogen) atoms. The Morgan fingerprint density at radius 1 is 1.14 bits per heavy atom. The first-order chi connectivity index (χ1) is 9.99. The van der Waals surface area contributed by atoms with Gasteiger partial charge in [0, 0.05) is 19.8 Å². The lowest BCUT2D eigenvalue weighted by Gasteiger charge is -2.12. The summed E-state index contributed by atoms with van der Waals surface area (Å²) in [5, 5.41) is 12.0. The summed E-state index contributed by atoms with van der Waals surface area (Å²) in [7, 11) is 0. The largest absolute Gasteiger partial charge is 0.478 e. The first kappa shape index (κ1) is 17.2. The summed E-state index contributed by atoms with van der Waals surface area (Å²) >= 11 is 0. The normalized spacial score (nSPS) is 10.4. The van der Waals surface area contributed by atoms with Gasteiger partial charge in [-0.05, 0) is 37.8 Å². The van der Waals surface area contributed by atoms with Crippen molar-refractivity contribution in [2.45, 2.75) is 33.6 Å². The maximum Gasteiger partial charge on any atom is 0.336 e. The molecule has 0 unspecified atom stereocenters. The Morgan fingerprint density at radius 3 is 2.33 bits per heavy atom. The lowest BCUT2D eigenvalue weighted by Crippen LogP contribution is -2.28. The van der Waals surface area contributed by atoms with E-state index in [0.29, 0.717) is 37.3 Å². The number of amides is 1. The second kappa shape index (κ2) is 8.42. The quantitative estimate of drug-likeness (QED) is 0.722. The molecular formula is C16H23NO4. The summed E-state index contributed by atoms with van der Waals surface area (Å²) in [5.74, 6) is -1.42. The van der Waals surface area contributed by atoms with Crippen LogP contribution in [0.2, 0.25) is 0 Å². The molecule has 0 aliphatic rings. The van der Waals surface area contributed by atoms with Crippen LogP contribution in [0.25, 0.3) is 0 Å². The van der Waals surface area contributed by atoms with E-state index in [1.807, 2.05) is 6.92 Å². The summed E-state index contributed by atoms with van der Waals surface area (Å²) in [4.78, 5) is 23.6. The number of hydrogen-bond donors (Lipinski definition) is 2. The number of hydrogen-bond acceptors (Lipinski definition) is 3. The van der Waals surface area contributed by atoms with Gasteiger partial charge < -0.3 is 15.2 Å². The van der Waals surface area contributed by atoms with Crippen LogP contribution in [0.1, 0.15) is 51.6 Å². The van der Waals surface area contributed by atoms with E-state index in [2.05, 4.69) is 5.32 Å². The second-order valence-corrected chi connectivity index (χ2v) is 4.98. The van der Waals surface area contributed by atoms with Crippen LogP contribution in [0, 0.1) is 13.8 Å². The third-order valence-electron chi connectivity index (χ3n) is 3.16. The number of carbonyl (C=O) groups is 2. The van der Waals surface area contributed by atoms with Gasteiger partial charge in [0.15, 0.2) is 0 Å². The van der Waals surface area contributed by atoms with Crippen molar-refractivity contribution in [3.8, 4) is 0 Å². The minimum Gasteiger partial charge on any atom is -0.478 e. The van der Waals surface area contributed by atoms with Gasteiger partial charge >= 0.3 is 5.97 Å². The zero-order chi connectivity index (χ0) is 15.8. The van der Waals surface area contributed by atoms with Gasteiger partial charge in [0.2, 0.25) is 0 Å². The fourth-order valence-corrected chi connectivity index (χ4v) is 2.09. The predicted octanol–water partition coefficient (Wildman–Crippen LogP) is 2.55. The number of rotatable bonds is 8. The summed E-state index contributed by atoms with van der Waals surface area (Å²) in [5.41, 5.74) is 1.58. The molecule has 0 spiro atoms. The summed E-state index contributed by atoms with van der Waals surface area (Å²) in [6.45, 7) is 7.24. The molecule has 0 aliphatic carbocycles. The van der Waals surface area contributed by atoms with Gasteiger partial charge in [-0.1, -0.05) is 19.1 Å². The van der Waals surface area contributed by atoms with E-state index in [9.17, 15) is 14.7 Å². The lowest BCUT2D eigenvalue weighted by atomic mass is 9.96. The smallest absolute Gasteiger partial charge is 0.336 e. The molecule has 5 heteroatoms. The molecule has 0 saturated heterocycles. The first-order valence-electron chi connectivity index (χ1n) is 7.18. The van der Waals surface area contributed by atoms with Crippen molar-refractivity contribution in [2.24, 2.45) is 0 Å². The van der Waals surface area contributed by atoms with E-state index in [4.69, 9.17) is 4.74 Å². The molecule has 116 valence electrons. The SMILES string of the molecule is CCCOCCCNC(=O)c1c(C)ccc(C)c1C(=O)O. The summed E-state index contributed by atoms with van der Waals surface area (Å²) in [6.07, 6.45) is 1.68. The Balaban J connectivity index is 2.70. The first-order valence-corrected chi connectivity index (χ1v) is 7.18. The monoisotopic (exact) mass is 293 g/mol. The Bertz CT molecular complexity index is 511. The maximum absolute atomic E-state index is 12.2. The van der Waals surface area contributed by atoms with Crippen LogP contribution in [-0.2, 0) is 4.74 Å².